The zero-order chi connectivity index (χ0) is 10.7. The summed E-state index contributed by atoms with van der Waals surface area (Å²) >= 11 is 5.31. The van der Waals surface area contributed by atoms with Crippen LogP contribution in [0.25, 0.3) is 0 Å². The molecule has 1 aromatic rings. The smallest absolute Gasteiger partial charge is 0.178 e. The number of hydrogen-bond acceptors (Lipinski definition) is 2. The van der Waals surface area contributed by atoms with E-state index in [2.05, 4.69) is 10.3 Å². The lowest BCUT2D eigenvalue weighted by Gasteiger charge is -2.19. The average molecular weight is 219 g/mol. The lowest BCUT2D eigenvalue weighted by molar-refractivity contribution is 0.672. The number of anilines is 1. The number of rotatable bonds is 1. The van der Waals surface area contributed by atoms with Gasteiger partial charge >= 0.3 is 0 Å². The summed E-state index contributed by atoms with van der Waals surface area (Å²) in [5, 5.41) is 3.91. The van der Waals surface area contributed by atoms with Crippen LogP contribution < -0.4 is 5.32 Å². The molecule has 0 fully saturated rings. The zero-order valence-electron chi connectivity index (χ0n) is 8.60. The van der Waals surface area contributed by atoms with Gasteiger partial charge in [0.1, 0.15) is 5.84 Å². The summed E-state index contributed by atoms with van der Waals surface area (Å²) < 4.78 is 0. The van der Waals surface area contributed by atoms with E-state index in [4.69, 9.17) is 12.2 Å². The van der Waals surface area contributed by atoms with Gasteiger partial charge in [-0.2, -0.15) is 0 Å². The second-order valence-electron chi connectivity index (χ2n) is 3.38. The van der Waals surface area contributed by atoms with Gasteiger partial charge in [0, 0.05) is 12.2 Å². The summed E-state index contributed by atoms with van der Waals surface area (Å²) in [6.07, 6.45) is 0. The van der Waals surface area contributed by atoms with Crippen LogP contribution in [0.2, 0.25) is 0 Å². The molecule has 1 aliphatic heterocycles. The number of hydrogen-bond donors (Lipinski definition) is 1. The van der Waals surface area contributed by atoms with Crippen LogP contribution in [-0.2, 0) is 0 Å². The van der Waals surface area contributed by atoms with Gasteiger partial charge in [0.15, 0.2) is 5.11 Å². The molecule has 0 bridgehead atoms. The average Bonchev–Trinajstić information content (AvgIpc) is 2.66. The fraction of sp³-hybridized carbons (Fsp3) is 0.273. The van der Waals surface area contributed by atoms with Gasteiger partial charge in [0.05, 0.1) is 6.54 Å². The highest BCUT2D eigenvalue weighted by molar-refractivity contribution is 7.80. The number of thiocarbonyl (C=S) groups is 1. The Morgan fingerprint density at radius 3 is 2.73 bits per heavy atom. The van der Waals surface area contributed by atoms with E-state index in [1.54, 1.807) is 0 Å². The van der Waals surface area contributed by atoms with Crippen LogP contribution in [0.3, 0.4) is 0 Å². The molecule has 0 unspecified atom stereocenters. The Kier molecular flexibility index (Phi) is 2.97. The first kappa shape index (κ1) is 10.1. The Balaban J connectivity index is 2.02. The van der Waals surface area contributed by atoms with Crippen LogP contribution in [0, 0.1) is 0 Å². The Hall–Kier alpha value is -1.42. The van der Waals surface area contributed by atoms with Crippen molar-refractivity contribution in [1.29, 1.82) is 0 Å². The third kappa shape index (κ3) is 2.33. The van der Waals surface area contributed by atoms with Gasteiger partial charge in [-0.3, -0.25) is 4.99 Å². The Morgan fingerprint density at radius 2 is 2.13 bits per heavy atom. The predicted molar refractivity (Wildman–Crippen MR) is 67.3 cm³/mol. The van der Waals surface area contributed by atoms with Crippen molar-refractivity contribution in [3.8, 4) is 0 Å². The van der Waals surface area contributed by atoms with E-state index in [1.165, 1.54) is 0 Å². The summed E-state index contributed by atoms with van der Waals surface area (Å²) in [5.41, 5.74) is 1.02. The maximum absolute atomic E-state index is 5.31. The molecule has 4 heteroatoms. The molecule has 1 N–H and O–H groups in total. The number of para-hydroxylation sites is 1. The summed E-state index contributed by atoms with van der Waals surface area (Å²) in [5.74, 6) is 0.989. The molecular weight excluding hydrogens is 206 g/mol. The number of nitrogens with one attached hydrogen (secondary N) is 1. The lowest BCUT2D eigenvalue weighted by atomic mass is 10.3. The largest absolute Gasteiger partial charge is 0.332 e. The monoisotopic (exact) mass is 219 g/mol. The first-order chi connectivity index (χ1) is 7.27. The van der Waals surface area contributed by atoms with Gasteiger partial charge in [0.25, 0.3) is 0 Å². The van der Waals surface area contributed by atoms with Crippen LogP contribution >= 0.6 is 12.2 Å². The van der Waals surface area contributed by atoms with Crippen molar-refractivity contribution < 1.29 is 0 Å². The summed E-state index contributed by atoms with van der Waals surface area (Å²) in [6.45, 7) is 3.69. The fourth-order valence-electron chi connectivity index (χ4n) is 1.52. The maximum Gasteiger partial charge on any atom is 0.178 e. The first-order valence-corrected chi connectivity index (χ1v) is 5.33. The molecule has 0 saturated heterocycles. The highest BCUT2D eigenvalue weighted by atomic mass is 32.1. The molecule has 0 atom stereocenters. The minimum atomic E-state index is 0.722. The predicted octanol–water partition coefficient (Wildman–Crippen LogP) is 2.12. The van der Waals surface area contributed by atoms with Crippen LogP contribution in [-0.4, -0.2) is 28.9 Å². The van der Waals surface area contributed by atoms with Crippen molar-refractivity contribution in [3.63, 3.8) is 0 Å². The van der Waals surface area contributed by atoms with E-state index in [-0.39, 0.29) is 0 Å². The molecule has 2 rings (SSSR count). The van der Waals surface area contributed by atoms with E-state index in [0.29, 0.717) is 0 Å². The minimum Gasteiger partial charge on any atom is -0.332 e. The van der Waals surface area contributed by atoms with Crippen molar-refractivity contribution in [2.24, 2.45) is 4.99 Å². The highest BCUT2D eigenvalue weighted by Gasteiger charge is 2.16. The van der Waals surface area contributed by atoms with Crippen molar-refractivity contribution >= 4 is 28.9 Å². The van der Waals surface area contributed by atoms with Crippen molar-refractivity contribution in [2.45, 2.75) is 6.92 Å². The third-order valence-electron chi connectivity index (χ3n) is 2.33. The Labute approximate surface area is 94.8 Å². The van der Waals surface area contributed by atoms with E-state index >= 15 is 0 Å². The van der Waals surface area contributed by atoms with E-state index < -0.39 is 0 Å². The van der Waals surface area contributed by atoms with Crippen LogP contribution in [0.1, 0.15) is 6.92 Å². The fourth-order valence-corrected chi connectivity index (χ4v) is 1.86. The van der Waals surface area contributed by atoms with Gasteiger partial charge in [-0.25, -0.2) is 0 Å². The summed E-state index contributed by atoms with van der Waals surface area (Å²) in [6, 6.07) is 9.94. The molecule has 0 radical (unpaired) electrons. The van der Waals surface area contributed by atoms with Crippen LogP contribution in [0.4, 0.5) is 5.69 Å². The van der Waals surface area contributed by atoms with Crippen LogP contribution in [0.15, 0.2) is 35.3 Å². The van der Waals surface area contributed by atoms with E-state index in [1.807, 2.05) is 42.2 Å². The standard InChI is InChI=1S/C11H13N3S/c1-9-12-7-8-14(9)11(15)13-10-5-3-2-4-6-10/h2-6H,7-8H2,1H3,(H,13,15). The van der Waals surface area contributed by atoms with Crippen LogP contribution in [0.5, 0.6) is 0 Å². The number of aliphatic imine (C=N–C) groups is 1. The number of nitrogens with zero attached hydrogens (tertiary/aromatic N) is 2. The SMILES string of the molecule is CC1=NCCN1C(=S)Nc1ccccc1. The molecule has 0 saturated carbocycles. The number of amidine groups is 1. The molecule has 0 amide bonds. The van der Waals surface area contributed by atoms with Crippen molar-refractivity contribution in [3.05, 3.63) is 30.3 Å². The molecule has 3 nitrogen and oxygen atoms in total. The molecule has 78 valence electrons. The normalized spacial score (nSPS) is 15.0. The quantitative estimate of drug-likeness (QED) is 0.733. The molecule has 0 aliphatic carbocycles. The molecule has 15 heavy (non-hydrogen) atoms. The molecule has 1 aromatic carbocycles. The topological polar surface area (TPSA) is 27.6 Å². The van der Waals surface area contributed by atoms with Gasteiger partial charge in [0.2, 0.25) is 0 Å². The van der Waals surface area contributed by atoms with E-state index in [0.717, 1.165) is 29.7 Å². The van der Waals surface area contributed by atoms with Crippen molar-refractivity contribution in [2.75, 3.05) is 18.4 Å². The van der Waals surface area contributed by atoms with Gasteiger partial charge in [-0.05, 0) is 31.3 Å². The highest BCUT2D eigenvalue weighted by Crippen LogP contribution is 2.09. The number of benzene rings is 1. The van der Waals surface area contributed by atoms with Gasteiger partial charge in [-0.1, -0.05) is 18.2 Å². The molecular formula is C11H13N3S. The minimum absolute atomic E-state index is 0.722. The molecule has 1 aliphatic rings. The maximum atomic E-state index is 5.31. The lowest BCUT2D eigenvalue weighted by Crippen LogP contribution is -2.36. The second kappa shape index (κ2) is 4.40. The zero-order valence-corrected chi connectivity index (χ0v) is 9.42. The van der Waals surface area contributed by atoms with Crippen molar-refractivity contribution in [1.82, 2.24) is 4.90 Å². The Bertz CT molecular complexity index is 386. The third-order valence-corrected chi connectivity index (χ3v) is 2.65. The molecule has 0 aromatic heterocycles. The second-order valence-corrected chi connectivity index (χ2v) is 3.76. The van der Waals surface area contributed by atoms with Gasteiger partial charge < -0.3 is 10.2 Å². The van der Waals surface area contributed by atoms with Gasteiger partial charge in [-0.15, -0.1) is 0 Å². The Morgan fingerprint density at radius 1 is 1.40 bits per heavy atom. The van der Waals surface area contributed by atoms with E-state index in [9.17, 15) is 0 Å². The summed E-state index contributed by atoms with van der Waals surface area (Å²) in [7, 11) is 0. The first-order valence-electron chi connectivity index (χ1n) is 4.92. The summed E-state index contributed by atoms with van der Waals surface area (Å²) in [4.78, 5) is 6.31. The molecule has 1 heterocycles. The molecule has 0 spiro atoms.